The van der Waals surface area contributed by atoms with Crippen LogP contribution < -0.4 is 0 Å². The van der Waals surface area contributed by atoms with Crippen LogP contribution in [0.4, 0.5) is 0 Å². The van der Waals surface area contributed by atoms with Crippen LogP contribution in [0, 0.1) is 5.92 Å². The van der Waals surface area contributed by atoms with Crippen molar-refractivity contribution < 1.29 is 0 Å². The molecule has 108 valence electrons. The number of nitrogens with zero attached hydrogens (tertiary/aromatic N) is 3. The van der Waals surface area contributed by atoms with E-state index in [0.29, 0.717) is 0 Å². The van der Waals surface area contributed by atoms with Gasteiger partial charge >= 0.3 is 0 Å². The van der Waals surface area contributed by atoms with Crippen molar-refractivity contribution in [2.45, 2.75) is 38.5 Å². The molecule has 1 saturated carbocycles. The fraction of sp³-hybridized carbons (Fsp3) is 0.625. The zero-order valence-electron chi connectivity index (χ0n) is 12.3. The molecule has 0 atom stereocenters. The molecule has 20 heavy (non-hydrogen) atoms. The summed E-state index contributed by atoms with van der Waals surface area (Å²) < 4.78 is 9.15. The zero-order valence-corrected chi connectivity index (χ0v) is 13.1. The Bertz CT molecular complexity index is 508. The SMILES string of the molecule is C=C1CCC(Cc2nsnc2C2=CCCN(C)C2)CC1. The van der Waals surface area contributed by atoms with Gasteiger partial charge in [0.05, 0.1) is 17.4 Å². The predicted octanol–water partition coefficient (Wildman–Crippen LogP) is 3.55. The third-order valence-electron chi connectivity index (χ3n) is 4.50. The van der Waals surface area contributed by atoms with Crippen molar-refractivity contribution >= 4 is 17.3 Å². The van der Waals surface area contributed by atoms with E-state index in [9.17, 15) is 0 Å². The molecule has 0 aromatic carbocycles. The lowest BCUT2D eigenvalue weighted by Gasteiger charge is -2.24. The molecule has 1 aliphatic carbocycles. The molecule has 3 nitrogen and oxygen atoms in total. The van der Waals surface area contributed by atoms with Crippen molar-refractivity contribution in [3.63, 3.8) is 0 Å². The van der Waals surface area contributed by atoms with E-state index in [1.165, 1.54) is 59.9 Å². The fourth-order valence-electron chi connectivity index (χ4n) is 3.21. The Kier molecular flexibility index (Phi) is 4.32. The van der Waals surface area contributed by atoms with E-state index in [2.05, 4.69) is 33.3 Å². The third-order valence-corrected chi connectivity index (χ3v) is 5.06. The van der Waals surface area contributed by atoms with Crippen LogP contribution in [-0.2, 0) is 6.42 Å². The highest BCUT2D eigenvalue weighted by molar-refractivity contribution is 6.99. The fourth-order valence-corrected chi connectivity index (χ4v) is 3.82. The normalized spacial score (nSPS) is 22.1. The summed E-state index contributed by atoms with van der Waals surface area (Å²) in [4.78, 5) is 2.36. The largest absolute Gasteiger partial charge is 0.302 e. The Morgan fingerprint density at radius 1 is 1.35 bits per heavy atom. The summed E-state index contributed by atoms with van der Waals surface area (Å²) in [5.41, 5.74) is 5.21. The lowest BCUT2D eigenvalue weighted by molar-refractivity contribution is 0.372. The van der Waals surface area contributed by atoms with Gasteiger partial charge in [0, 0.05) is 13.1 Å². The van der Waals surface area contributed by atoms with Crippen molar-refractivity contribution in [2.75, 3.05) is 20.1 Å². The van der Waals surface area contributed by atoms with Gasteiger partial charge in [0.15, 0.2) is 0 Å². The molecule has 0 spiro atoms. The van der Waals surface area contributed by atoms with Crippen molar-refractivity contribution in [2.24, 2.45) is 5.92 Å². The molecule has 1 fully saturated rings. The van der Waals surface area contributed by atoms with E-state index in [1.807, 2.05) is 0 Å². The second-order valence-corrected chi connectivity index (χ2v) is 6.74. The Hall–Kier alpha value is -1.00. The Labute approximate surface area is 125 Å². The molecule has 0 radical (unpaired) electrons. The highest BCUT2D eigenvalue weighted by Crippen LogP contribution is 2.31. The van der Waals surface area contributed by atoms with Gasteiger partial charge in [-0.15, -0.1) is 0 Å². The minimum atomic E-state index is 0.769. The first-order chi connectivity index (χ1) is 9.72. The van der Waals surface area contributed by atoms with Gasteiger partial charge in [-0.1, -0.05) is 18.2 Å². The van der Waals surface area contributed by atoms with Gasteiger partial charge in [0.1, 0.15) is 5.69 Å². The van der Waals surface area contributed by atoms with Gasteiger partial charge in [0.2, 0.25) is 0 Å². The number of rotatable bonds is 3. The summed E-state index contributed by atoms with van der Waals surface area (Å²) in [7, 11) is 2.18. The topological polar surface area (TPSA) is 29.0 Å². The average molecular weight is 289 g/mol. The van der Waals surface area contributed by atoms with E-state index in [-0.39, 0.29) is 0 Å². The molecule has 2 heterocycles. The minimum Gasteiger partial charge on any atom is -0.302 e. The van der Waals surface area contributed by atoms with E-state index in [4.69, 9.17) is 0 Å². The van der Waals surface area contributed by atoms with E-state index >= 15 is 0 Å². The molecule has 1 aromatic heterocycles. The second kappa shape index (κ2) is 6.19. The van der Waals surface area contributed by atoms with Crippen molar-refractivity contribution in [1.29, 1.82) is 0 Å². The van der Waals surface area contributed by atoms with E-state index < -0.39 is 0 Å². The first-order valence-electron chi connectivity index (χ1n) is 7.58. The Balaban J connectivity index is 1.70. The van der Waals surface area contributed by atoms with Gasteiger partial charge in [0.25, 0.3) is 0 Å². The Morgan fingerprint density at radius 2 is 2.15 bits per heavy atom. The molecule has 0 unspecified atom stereocenters. The second-order valence-electron chi connectivity index (χ2n) is 6.21. The molecular formula is C16H23N3S. The average Bonchev–Trinajstić information content (AvgIpc) is 2.89. The number of hydrogen-bond acceptors (Lipinski definition) is 4. The van der Waals surface area contributed by atoms with E-state index in [0.717, 1.165) is 31.8 Å². The first kappa shape index (κ1) is 14.0. The first-order valence-corrected chi connectivity index (χ1v) is 8.31. The standard InChI is InChI=1S/C16H23N3S/c1-12-5-7-13(8-6-12)10-15-16(18-20-17-15)14-4-3-9-19(2)11-14/h4,13H,1,3,5-11H2,2H3. The summed E-state index contributed by atoms with van der Waals surface area (Å²) >= 11 is 1.37. The maximum atomic E-state index is 4.58. The molecule has 3 rings (SSSR count). The molecular weight excluding hydrogens is 266 g/mol. The number of likely N-dealkylation sites (N-methyl/N-ethyl adjacent to an activating group) is 1. The van der Waals surface area contributed by atoms with Crippen LogP contribution in [0.2, 0.25) is 0 Å². The lowest BCUT2D eigenvalue weighted by Crippen LogP contribution is -2.25. The van der Waals surface area contributed by atoms with Crippen LogP contribution in [0.1, 0.15) is 43.5 Å². The molecule has 0 saturated heterocycles. The van der Waals surface area contributed by atoms with Crippen LogP contribution >= 0.6 is 11.7 Å². The number of allylic oxidation sites excluding steroid dienone is 1. The highest BCUT2D eigenvalue weighted by Gasteiger charge is 2.22. The molecule has 0 N–H and O–H groups in total. The summed E-state index contributed by atoms with van der Waals surface area (Å²) in [6, 6.07) is 0. The summed E-state index contributed by atoms with van der Waals surface area (Å²) in [5.74, 6) is 0.769. The van der Waals surface area contributed by atoms with E-state index in [1.54, 1.807) is 0 Å². The molecule has 0 bridgehead atoms. The maximum Gasteiger partial charge on any atom is 0.104 e. The van der Waals surface area contributed by atoms with Crippen molar-refractivity contribution in [3.8, 4) is 0 Å². The predicted molar refractivity (Wildman–Crippen MR) is 84.8 cm³/mol. The Morgan fingerprint density at radius 3 is 2.90 bits per heavy atom. The summed E-state index contributed by atoms with van der Waals surface area (Å²) in [5, 5.41) is 0. The van der Waals surface area contributed by atoms with Gasteiger partial charge in [-0.3, -0.25) is 0 Å². The molecule has 4 heteroatoms. The lowest BCUT2D eigenvalue weighted by atomic mass is 9.83. The highest BCUT2D eigenvalue weighted by atomic mass is 32.1. The molecule has 1 aliphatic heterocycles. The maximum absolute atomic E-state index is 4.58. The monoisotopic (exact) mass is 289 g/mol. The molecule has 1 aromatic rings. The molecule has 2 aliphatic rings. The van der Waals surface area contributed by atoms with Crippen LogP contribution in [0.3, 0.4) is 0 Å². The van der Waals surface area contributed by atoms with Gasteiger partial charge in [-0.25, -0.2) is 0 Å². The summed E-state index contributed by atoms with van der Waals surface area (Å²) in [6.07, 6.45) is 9.52. The van der Waals surface area contributed by atoms with Crippen LogP contribution in [-0.4, -0.2) is 33.8 Å². The number of aromatic nitrogens is 2. The molecule has 0 amide bonds. The van der Waals surface area contributed by atoms with Crippen LogP contribution in [0.25, 0.3) is 5.57 Å². The van der Waals surface area contributed by atoms with Crippen molar-refractivity contribution in [1.82, 2.24) is 13.6 Å². The van der Waals surface area contributed by atoms with Gasteiger partial charge < -0.3 is 4.90 Å². The quantitative estimate of drug-likeness (QED) is 0.797. The summed E-state index contributed by atoms with van der Waals surface area (Å²) in [6.45, 7) is 6.27. The van der Waals surface area contributed by atoms with Crippen molar-refractivity contribution in [3.05, 3.63) is 29.6 Å². The number of hydrogen-bond donors (Lipinski definition) is 0. The zero-order chi connectivity index (χ0) is 13.9. The smallest absolute Gasteiger partial charge is 0.104 e. The van der Waals surface area contributed by atoms with Gasteiger partial charge in [-0.05, 0) is 57.1 Å². The minimum absolute atomic E-state index is 0.769. The van der Waals surface area contributed by atoms with Crippen LogP contribution in [0.5, 0.6) is 0 Å². The third kappa shape index (κ3) is 3.18. The van der Waals surface area contributed by atoms with Crippen LogP contribution in [0.15, 0.2) is 18.2 Å². The van der Waals surface area contributed by atoms with Gasteiger partial charge in [-0.2, -0.15) is 8.75 Å².